The zero-order chi connectivity index (χ0) is 19.9. The molecule has 146 valence electrons. The number of hydrogen-bond acceptors (Lipinski definition) is 3. The number of ether oxygens (including phenoxy) is 1. The summed E-state index contributed by atoms with van der Waals surface area (Å²) in [7, 11) is 1.92. The number of carbonyl (C=O) groups excluding carboxylic acids is 2. The lowest BCUT2D eigenvalue weighted by Crippen LogP contribution is -2.33. The Labute approximate surface area is 157 Å². The molecule has 26 heavy (non-hydrogen) atoms. The van der Waals surface area contributed by atoms with Gasteiger partial charge < -0.3 is 14.6 Å². The maximum atomic E-state index is 11.8. The molecule has 0 spiro atoms. The van der Waals surface area contributed by atoms with Gasteiger partial charge in [-0.25, -0.2) is 4.79 Å². The summed E-state index contributed by atoms with van der Waals surface area (Å²) >= 11 is 0. The number of nitrogens with zero attached hydrogens (tertiary/aromatic N) is 1. The van der Waals surface area contributed by atoms with Crippen LogP contribution in [0.3, 0.4) is 0 Å². The first-order valence-electron chi connectivity index (χ1n) is 9.38. The fourth-order valence-electron chi connectivity index (χ4n) is 2.74. The molecule has 1 aromatic heterocycles. The second-order valence-corrected chi connectivity index (χ2v) is 7.77. The summed E-state index contributed by atoms with van der Waals surface area (Å²) in [5, 5.41) is 2.82. The second kappa shape index (κ2) is 9.60. The molecule has 0 radical (unpaired) electrons. The van der Waals surface area contributed by atoms with Crippen molar-refractivity contribution < 1.29 is 14.3 Å². The van der Waals surface area contributed by atoms with Crippen molar-refractivity contribution in [3.8, 4) is 0 Å². The van der Waals surface area contributed by atoms with Crippen LogP contribution in [-0.4, -0.2) is 28.6 Å². The van der Waals surface area contributed by atoms with Gasteiger partial charge in [0.1, 0.15) is 5.60 Å². The van der Waals surface area contributed by atoms with E-state index in [-0.39, 0.29) is 11.9 Å². The molecular weight excluding hydrogens is 328 g/mol. The quantitative estimate of drug-likeness (QED) is 0.660. The van der Waals surface area contributed by atoms with Crippen LogP contribution in [0.5, 0.6) is 0 Å². The van der Waals surface area contributed by atoms with Crippen molar-refractivity contribution in [2.75, 3.05) is 6.54 Å². The van der Waals surface area contributed by atoms with Gasteiger partial charge in [-0.05, 0) is 58.6 Å². The third-order valence-corrected chi connectivity index (χ3v) is 4.26. The Balaban J connectivity index is 2.84. The van der Waals surface area contributed by atoms with Gasteiger partial charge in [0.15, 0.2) is 5.78 Å². The molecule has 5 heteroatoms. The number of unbranched alkanes of at least 4 members (excludes halogenated alkanes) is 1. The summed E-state index contributed by atoms with van der Waals surface area (Å²) in [5.41, 5.74) is 3.64. The van der Waals surface area contributed by atoms with Crippen molar-refractivity contribution in [3.63, 3.8) is 0 Å². The molecule has 0 saturated heterocycles. The van der Waals surface area contributed by atoms with E-state index < -0.39 is 5.60 Å². The van der Waals surface area contributed by atoms with Crippen LogP contribution in [0, 0.1) is 6.92 Å². The molecule has 0 bridgehead atoms. The van der Waals surface area contributed by atoms with Crippen LogP contribution in [0.4, 0.5) is 4.79 Å². The monoisotopic (exact) mass is 362 g/mol. The lowest BCUT2D eigenvalue weighted by atomic mass is 10.0. The largest absolute Gasteiger partial charge is 0.444 e. The first-order chi connectivity index (χ1) is 12.0. The summed E-state index contributed by atoms with van der Waals surface area (Å²) in [4.78, 5) is 23.5. The Morgan fingerprint density at radius 1 is 1.27 bits per heavy atom. The number of ketones is 1. The highest BCUT2D eigenvalue weighted by molar-refractivity contribution is 5.93. The topological polar surface area (TPSA) is 60.3 Å². The van der Waals surface area contributed by atoms with Crippen molar-refractivity contribution >= 4 is 18.0 Å². The smallest absolute Gasteiger partial charge is 0.407 e. The van der Waals surface area contributed by atoms with Crippen LogP contribution < -0.4 is 5.32 Å². The van der Waals surface area contributed by atoms with Crippen molar-refractivity contribution in [2.45, 2.75) is 72.8 Å². The number of hydrogen-bond donors (Lipinski definition) is 1. The van der Waals surface area contributed by atoms with E-state index in [0.717, 1.165) is 42.6 Å². The zero-order valence-electron chi connectivity index (χ0n) is 17.4. The standard InChI is InChI=1S/C21H34N2O3/c1-8-9-10-17(11-12-22-20(25)26-21(4,5)6)13-18-14-19(16(3)24)23(7)15(18)2/h13-14H,8-12H2,1-7H3,(H,22,25)/b17-13-. The molecule has 1 heterocycles. The highest BCUT2D eigenvalue weighted by Gasteiger charge is 2.16. The Morgan fingerprint density at radius 3 is 2.42 bits per heavy atom. The maximum Gasteiger partial charge on any atom is 0.407 e. The van der Waals surface area contributed by atoms with Gasteiger partial charge in [-0.3, -0.25) is 4.79 Å². The van der Waals surface area contributed by atoms with E-state index in [1.54, 1.807) is 6.92 Å². The van der Waals surface area contributed by atoms with Gasteiger partial charge in [-0.1, -0.05) is 25.0 Å². The predicted molar refractivity (Wildman–Crippen MR) is 107 cm³/mol. The molecule has 0 saturated carbocycles. The minimum absolute atomic E-state index is 0.0666. The minimum atomic E-state index is -0.491. The first-order valence-corrected chi connectivity index (χ1v) is 9.38. The van der Waals surface area contributed by atoms with Crippen LogP contribution >= 0.6 is 0 Å². The normalized spacial score (nSPS) is 12.2. The van der Waals surface area contributed by atoms with Crippen LogP contribution in [0.15, 0.2) is 11.6 Å². The van der Waals surface area contributed by atoms with Gasteiger partial charge >= 0.3 is 6.09 Å². The number of Topliss-reactive ketones (excluding diaryl/α,β-unsaturated/α-hetero) is 1. The molecule has 0 aliphatic heterocycles. The van der Waals surface area contributed by atoms with E-state index in [4.69, 9.17) is 4.74 Å². The van der Waals surface area contributed by atoms with Crippen molar-refractivity contribution in [2.24, 2.45) is 7.05 Å². The molecule has 0 aromatic carbocycles. The number of rotatable bonds is 8. The molecule has 0 atom stereocenters. The Hall–Kier alpha value is -2.04. The number of aromatic nitrogens is 1. The van der Waals surface area contributed by atoms with E-state index in [1.165, 1.54) is 5.57 Å². The van der Waals surface area contributed by atoms with Crippen molar-refractivity contribution in [1.82, 2.24) is 9.88 Å². The van der Waals surface area contributed by atoms with E-state index in [2.05, 4.69) is 18.3 Å². The van der Waals surface area contributed by atoms with Crippen molar-refractivity contribution in [3.05, 3.63) is 28.6 Å². The van der Waals surface area contributed by atoms with E-state index in [1.807, 2.05) is 45.4 Å². The van der Waals surface area contributed by atoms with Gasteiger partial charge in [-0.15, -0.1) is 0 Å². The number of nitrogens with one attached hydrogen (secondary N) is 1. The van der Waals surface area contributed by atoms with Crippen LogP contribution in [0.1, 0.15) is 82.0 Å². The molecule has 1 N–H and O–H groups in total. The summed E-state index contributed by atoms with van der Waals surface area (Å²) in [5.74, 6) is 0.0666. The molecule has 0 unspecified atom stereocenters. The van der Waals surface area contributed by atoms with Crippen LogP contribution in [-0.2, 0) is 11.8 Å². The Morgan fingerprint density at radius 2 is 1.92 bits per heavy atom. The zero-order valence-corrected chi connectivity index (χ0v) is 17.4. The van der Waals surface area contributed by atoms with E-state index in [9.17, 15) is 9.59 Å². The van der Waals surface area contributed by atoms with Gasteiger partial charge in [-0.2, -0.15) is 0 Å². The highest BCUT2D eigenvalue weighted by atomic mass is 16.6. The highest BCUT2D eigenvalue weighted by Crippen LogP contribution is 2.21. The average molecular weight is 363 g/mol. The number of carbonyl (C=O) groups is 2. The van der Waals surface area contributed by atoms with Gasteiger partial charge in [0.05, 0.1) is 5.69 Å². The fourth-order valence-corrected chi connectivity index (χ4v) is 2.74. The molecule has 0 aliphatic rings. The molecule has 0 fully saturated rings. The lowest BCUT2D eigenvalue weighted by molar-refractivity contribution is 0.0528. The summed E-state index contributed by atoms with van der Waals surface area (Å²) in [6, 6.07) is 1.95. The average Bonchev–Trinajstić information content (AvgIpc) is 2.79. The van der Waals surface area contributed by atoms with Gasteiger partial charge in [0.25, 0.3) is 0 Å². The van der Waals surface area contributed by atoms with Gasteiger partial charge in [0.2, 0.25) is 0 Å². The van der Waals surface area contributed by atoms with E-state index in [0.29, 0.717) is 6.54 Å². The molecule has 1 aromatic rings. The van der Waals surface area contributed by atoms with Crippen LogP contribution in [0.2, 0.25) is 0 Å². The number of amides is 1. The third kappa shape index (κ3) is 7.06. The fraction of sp³-hybridized carbons (Fsp3) is 0.619. The third-order valence-electron chi connectivity index (χ3n) is 4.26. The molecule has 5 nitrogen and oxygen atoms in total. The minimum Gasteiger partial charge on any atom is -0.444 e. The molecule has 1 amide bonds. The Bertz CT molecular complexity index is 664. The van der Waals surface area contributed by atoms with E-state index >= 15 is 0 Å². The molecule has 1 rings (SSSR count). The predicted octanol–water partition coefficient (Wildman–Crippen LogP) is 5.02. The molecular formula is C21H34N2O3. The number of alkyl carbamates (subject to hydrolysis) is 1. The lowest BCUT2D eigenvalue weighted by Gasteiger charge is -2.19. The van der Waals surface area contributed by atoms with Crippen LogP contribution in [0.25, 0.3) is 6.08 Å². The maximum absolute atomic E-state index is 11.8. The second-order valence-electron chi connectivity index (χ2n) is 7.77. The summed E-state index contributed by atoms with van der Waals surface area (Å²) in [6.45, 7) is 11.9. The first kappa shape index (κ1) is 22.0. The SMILES string of the molecule is CCCC/C(=C/c1cc(C(C)=O)n(C)c1C)CCNC(=O)OC(C)(C)C. The van der Waals surface area contributed by atoms with Crippen molar-refractivity contribution in [1.29, 1.82) is 0 Å². The van der Waals surface area contributed by atoms with Gasteiger partial charge in [0, 0.05) is 26.2 Å². The molecule has 0 aliphatic carbocycles. The summed E-state index contributed by atoms with van der Waals surface area (Å²) in [6.07, 6.45) is 5.74. The summed E-state index contributed by atoms with van der Waals surface area (Å²) < 4.78 is 7.21. The Kier molecular flexibility index (Phi) is 8.12.